The Balaban J connectivity index is 0.000000150. The number of anilines is 1. The summed E-state index contributed by atoms with van der Waals surface area (Å²) in [6.45, 7) is 3.19. The molecule has 15 rings (SSSR count). The van der Waals surface area contributed by atoms with Crippen molar-refractivity contribution in [2.75, 3.05) is 50.9 Å². The van der Waals surface area contributed by atoms with E-state index in [1.165, 1.54) is 92.9 Å². The van der Waals surface area contributed by atoms with E-state index in [-0.39, 0.29) is 60.6 Å². The van der Waals surface area contributed by atoms with Crippen molar-refractivity contribution in [2.45, 2.75) is 137 Å². The first-order chi connectivity index (χ1) is 46.1. The molecule has 4 atom stereocenters. The topological polar surface area (TPSA) is 334 Å². The van der Waals surface area contributed by atoms with E-state index in [0.717, 1.165) is 146 Å². The molecule has 3 fully saturated rings. The number of carbonyl (C=O) groups is 1. The zero-order chi connectivity index (χ0) is 67.5. The number of fused-ring (bicyclic) bond motifs is 3. The number of hydrogen-bond acceptors (Lipinski definition) is 20. The van der Waals surface area contributed by atoms with E-state index >= 15 is 0 Å². The number of nitrogens with one attached hydrogen (secondary N) is 1. The summed E-state index contributed by atoms with van der Waals surface area (Å²) in [5.41, 5.74) is 14.6. The van der Waals surface area contributed by atoms with Gasteiger partial charge in [0.05, 0.1) is 100.0 Å². The number of carboxylic acids is 1. The number of aliphatic hydroxyl groups is 3. The van der Waals surface area contributed by atoms with Crippen LogP contribution in [-0.2, 0) is 39.6 Å². The van der Waals surface area contributed by atoms with Crippen LogP contribution in [0.25, 0.3) is 67.9 Å². The van der Waals surface area contributed by atoms with Crippen molar-refractivity contribution in [1.29, 1.82) is 0 Å². The monoisotopic (exact) mass is 1340 g/mol. The molecule has 2 aliphatic carbocycles. The number of ether oxygens (including phenoxy) is 1. The highest BCUT2D eigenvalue weighted by Crippen LogP contribution is 2.42. The number of carboxylic acid groups (broad SMARTS) is 1. The Hall–Kier alpha value is -8.19. The van der Waals surface area contributed by atoms with Gasteiger partial charge in [0.2, 0.25) is 11.1 Å². The van der Waals surface area contributed by atoms with Gasteiger partial charge in [-0.2, -0.15) is 0 Å². The average molecular weight is 1350 g/mol. The van der Waals surface area contributed by atoms with E-state index in [4.69, 9.17) is 50.8 Å². The van der Waals surface area contributed by atoms with Crippen LogP contribution in [0.3, 0.4) is 0 Å². The van der Waals surface area contributed by atoms with E-state index in [9.17, 15) is 32.7 Å². The van der Waals surface area contributed by atoms with Crippen molar-refractivity contribution in [3.63, 3.8) is 0 Å². The maximum Gasteiger partial charge on any atom is 0.300 e. The Kier molecular flexibility index (Phi) is 25.8. The highest BCUT2D eigenvalue weighted by molar-refractivity contribution is 7.98. The molecule has 2 saturated carbocycles. The van der Waals surface area contributed by atoms with Crippen LogP contribution in [0.15, 0.2) is 120 Å². The van der Waals surface area contributed by atoms with Gasteiger partial charge in [-0.05, 0) is 161 Å². The molecular weight excluding hydrogens is 1270 g/mol. The van der Waals surface area contributed by atoms with Crippen molar-refractivity contribution in [1.82, 2.24) is 58.6 Å². The number of nitrogens with zero attached hydrogens (tertiary/aromatic N) is 12. The second-order valence-electron chi connectivity index (χ2n) is 23.1. The second-order valence-corrected chi connectivity index (χ2v) is 25.2. The number of aromatic nitrogens is 12. The predicted octanol–water partition coefficient (Wildman–Crippen LogP) is 10.7. The van der Waals surface area contributed by atoms with E-state index in [0.29, 0.717) is 34.6 Å². The molecule has 23 nitrogen and oxygen atoms in total. The molecule has 6 aliphatic rings. The molecule has 10 heterocycles. The number of aryl methyl sites for hydroxylation is 3. The van der Waals surface area contributed by atoms with Gasteiger partial charge >= 0.3 is 0 Å². The van der Waals surface area contributed by atoms with Crippen molar-refractivity contribution in [2.24, 2.45) is 5.73 Å². The van der Waals surface area contributed by atoms with Gasteiger partial charge in [0.1, 0.15) is 34.9 Å². The maximum absolute atomic E-state index is 13.4. The lowest BCUT2D eigenvalue weighted by molar-refractivity contribution is -0.176. The summed E-state index contributed by atoms with van der Waals surface area (Å²) in [5.74, 6) is 1.62. The number of benzene rings is 3. The van der Waals surface area contributed by atoms with Gasteiger partial charge in [0, 0.05) is 93.0 Å². The minimum Gasteiger partial charge on any atom is -0.481 e. The van der Waals surface area contributed by atoms with Crippen LogP contribution < -0.4 is 11.1 Å². The average Bonchev–Trinajstić information content (AvgIpc) is 1.62. The van der Waals surface area contributed by atoms with E-state index < -0.39 is 16.8 Å². The third kappa shape index (κ3) is 17.8. The third-order valence-electron chi connectivity index (χ3n) is 16.6. The number of rotatable bonds is 13. The summed E-state index contributed by atoms with van der Waals surface area (Å²) in [6, 6.07) is 25.1. The Morgan fingerprint density at radius 3 is 1.26 bits per heavy atom. The fourth-order valence-corrected chi connectivity index (χ4v) is 12.3. The lowest BCUT2D eigenvalue weighted by Gasteiger charge is -2.26. The first-order valence-electron chi connectivity index (χ1n) is 31.5. The zero-order valence-corrected chi connectivity index (χ0v) is 54.6. The van der Waals surface area contributed by atoms with Crippen LogP contribution in [0.5, 0.6) is 0 Å². The molecule has 6 aromatic heterocycles. The van der Waals surface area contributed by atoms with Gasteiger partial charge < -0.3 is 49.9 Å². The molecule has 9 aromatic rings. The van der Waals surface area contributed by atoms with Crippen molar-refractivity contribution >= 4 is 34.5 Å². The third-order valence-corrected chi connectivity index (χ3v) is 17.9. The normalized spacial score (nSPS) is 17.5. The Morgan fingerprint density at radius 1 is 0.568 bits per heavy atom. The Bertz CT molecular complexity index is 3970. The number of halogens is 3. The summed E-state index contributed by atoms with van der Waals surface area (Å²) >= 11 is 1.47. The van der Waals surface area contributed by atoms with Crippen LogP contribution in [0.4, 0.5) is 19.1 Å². The van der Waals surface area contributed by atoms with E-state index in [2.05, 4.69) is 39.4 Å². The van der Waals surface area contributed by atoms with Crippen molar-refractivity contribution in [3.8, 4) is 67.9 Å². The molecular formula is C67H79F3N14O9S2. The van der Waals surface area contributed by atoms with Crippen molar-refractivity contribution in [3.05, 3.63) is 145 Å². The molecule has 3 aromatic carbocycles. The molecule has 1 unspecified atom stereocenters. The quantitative estimate of drug-likeness (QED) is 0.0230. The molecule has 1 saturated heterocycles. The maximum atomic E-state index is 13.4. The lowest BCUT2D eigenvalue weighted by atomic mass is 9.93. The minimum atomic E-state index is -1.31. The number of nitrogens with two attached hydrogens (primary N) is 1. The number of imidazole rings is 3. The van der Waals surface area contributed by atoms with Gasteiger partial charge in [-0.3, -0.25) is 19.5 Å². The fraction of sp³-hybridized carbons (Fsp3) is 0.403. The number of hydrogen-bond donors (Lipinski definition) is 8. The van der Waals surface area contributed by atoms with Gasteiger partial charge in [0.25, 0.3) is 5.97 Å². The van der Waals surface area contributed by atoms with Crippen LogP contribution >= 0.6 is 11.8 Å². The van der Waals surface area contributed by atoms with E-state index in [1.54, 1.807) is 61.1 Å². The molecule has 9 N–H and O–H groups in total. The summed E-state index contributed by atoms with van der Waals surface area (Å²) in [6.07, 6.45) is 23.3. The lowest BCUT2D eigenvalue weighted by Crippen LogP contribution is -2.28. The SMILES string of the molecule is C1CCOC1.CC(=O)O.CS(=O)c1nccc(-c2c(-c3ccc(F)cc3)nc3n2[C@H](CO)CC3)n1.CSc1nccc(-c2c(-c3ccc(F)cc3)nc3n2[C@H](CO)CC3)n1.NC1CCC1.OC[C@@H]1CCc2nc(-c3ccc(F)cc3)c(-c3ccnc(NC4CCC4)n3)n21.OO. The van der Waals surface area contributed by atoms with Gasteiger partial charge in [-0.1, -0.05) is 18.2 Å². The number of thioether (sulfide) groups is 1. The number of aliphatic carboxylic acids is 1. The van der Waals surface area contributed by atoms with Crippen molar-refractivity contribution < 1.29 is 57.9 Å². The summed E-state index contributed by atoms with van der Waals surface area (Å²) in [5, 5.41) is 53.1. The Labute approximate surface area is 554 Å². The largest absolute Gasteiger partial charge is 0.481 e. The predicted molar refractivity (Wildman–Crippen MR) is 355 cm³/mol. The second kappa shape index (κ2) is 34.5. The van der Waals surface area contributed by atoms with E-state index in [1.807, 2.05) is 23.0 Å². The van der Waals surface area contributed by atoms with Crippen LogP contribution in [0.1, 0.15) is 113 Å². The summed E-state index contributed by atoms with van der Waals surface area (Å²) in [4.78, 5) is 49.8. The van der Waals surface area contributed by atoms with Gasteiger partial charge in [-0.25, -0.2) is 58.0 Å². The zero-order valence-electron chi connectivity index (χ0n) is 53.0. The molecule has 0 amide bonds. The summed E-state index contributed by atoms with van der Waals surface area (Å²) in [7, 11) is -1.31. The molecule has 95 heavy (non-hydrogen) atoms. The van der Waals surface area contributed by atoms with Gasteiger partial charge in [-0.15, -0.1) is 0 Å². The highest BCUT2D eigenvalue weighted by atomic mass is 32.2. The minimum absolute atomic E-state index is 0.00311. The van der Waals surface area contributed by atoms with Crippen LogP contribution in [-0.4, -0.2) is 157 Å². The molecule has 4 aliphatic heterocycles. The molecule has 28 heteroatoms. The summed E-state index contributed by atoms with van der Waals surface area (Å²) < 4.78 is 63.0. The van der Waals surface area contributed by atoms with Gasteiger partial charge in [0.15, 0.2) is 5.16 Å². The molecule has 0 spiro atoms. The standard InChI is InChI=1S/C21H22FN5O.C18H17FN4O2S.C18H17FN4OS.C4H9N.C4H8O.C2H4O2.H2O2/c22-14-6-4-13(5-7-14)19-20(27-16(12-28)8-9-18(27)26-19)17-10-11-23-21(25-17)24-15-2-1-3-15;1-26(25)18-20-9-8-14(21-18)17-16(11-2-4-12(19)5-3-11)22-15-7-6-13(10-24)23(15)17;1-25-18-20-9-8-14(21-18)17-16(11-2-4-12(19)5-3-11)22-15-7-6-13(10-24)23(15)17;5-4-2-1-3-4;1-2-4-5-3-1;1-2(3)4;1-2/h4-7,10-11,15-16,28H,1-3,8-9,12H2,(H,23,24,25);2-5,8-9,13,24H,6-7,10H2,1H3;2-5,8-9,13,24H,6-7,10H2,1H3;4H,1-3,5H2;1-4H2;1H3,(H,3,4);1-2H/t16-;13-,26?;13-;;;;/m000..../s1. The first kappa shape index (κ1) is 71.1. The smallest absolute Gasteiger partial charge is 0.300 e. The Morgan fingerprint density at radius 2 is 0.937 bits per heavy atom. The molecule has 504 valence electrons. The number of aliphatic hydroxyl groups excluding tert-OH is 3. The fourth-order valence-electron chi connectivity index (χ4n) is 11.5. The van der Waals surface area contributed by atoms with Crippen LogP contribution in [0, 0.1) is 17.5 Å². The molecule has 0 radical (unpaired) electrons. The molecule has 0 bridgehead atoms. The highest BCUT2D eigenvalue weighted by Gasteiger charge is 2.34. The first-order valence-corrected chi connectivity index (χ1v) is 34.2. The van der Waals surface area contributed by atoms with Crippen LogP contribution in [0.2, 0.25) is 0 Å².